The van der Waals surface area contributed by atoms with Crippen molar-refractivity contribution in [3.8, 4) is 10.4 Å². The molecule has 2 saturated heterocycles. The van der Waals surface area contributed by atoms with Crippen LogP contribution in [0.15, 0.2) is 64.1 Å². The predicted molar refractivity (Wildman–Crippen MR) is 296 cm³/mol. The van der Waals surface area contributed by atoms with Crippen LogP contribution in [-0.2, 0) is 19.2 Å². The Bertz CT molecular complexity index is 2450. The number of halogens is 1. The lowest BCUT2D eigenvalue weighted by molar-refractivity contribution is -0.144. The zero-order chi connectivity index (χ0) is 52.7. The maximum absolute atomic E-state index is 14.1. The molecule has 15 nitrogen and oxygen atoms in total. The van der Waals surface area contributed by atoms with E-state index in [2.05, 4.69) is 42.7 Å². The fraction of sp³-hybridized carbons (Fsp3) is 0.582. The number of aromatic nitrogens is 3. The van der Waals surface area contributed by atoms with E-state index in [0.29, 0.717) is 34.4 Å². The van der Waals surface area contributed by atoms with Crippen LogP contribution in [-0.4, -0.2) is 91.9 Å². The van der Waals surface area contributed by atoms with E-state index in [4.69, 9.17) is 23.1 Å². The number of amides is 4. The number of nitrogens with zero attached hydrogens (tertiary/aromatic N) is 5. The molecule has 0 aliphatic carbocycles. The smallest absolute Gasteiger partial charge is 0.246 e. The molecule has 2 aromatic carbocycles. The number of hydrogen-bond donors (Lipinski definition) is 6. The summed E-state index contributed by atoms with van der Waals surface area (Å²) in [7, 11) is 0. The number of hydrogen-bond acceptors (Lipinski definition) is 13. The molecule has 4 amide bonds. The van der Waals surface area contributed by atoms with Gasteiger partial charge in [0.05, 0.1) is 45.1 Å². The number of anilines is 3. The van der Waals surface area contributed by atoms with E-state index in [9.17, 15) is 24.3 Å². The van der Waals surface area contributed by atoms with Crippen LogP contribution in [0.25, 0.3) is 10.4 Å². The molecule has 18 heteroatoms. The Labute approximate surface area is 446 Å². The molecule has 4 aromatic rings. The number of unbranched alkanes of at least 4 members (excludes halogenated alkanes) is 11. The molecule has 2 fully saturated rings. The lowest BCUT2D eigenvalue weighted by atomic mass is 9.85. The molecule has 0 saturated carbocycles. The van der Waals surface area contributed by atoms with Gasteiger partial charge in [0, 0.05) is 49.3 Å². The molecular weight excluding hydrogens is 980 g/mol. The second-order valence-corrected chi connectivity index (χ2v) is 23.7. The highest BCUT2D eigenvalue weighted by atomic mass is 35.5. The number of β-amino-alcohol motifs (C(OH)–C–C–N with tert-alkyl or cyclic N) is 1. The van der Waals surface area contributed by atoms with Gasteiger partial charge in [0.25, 0.3) is 0 Å². The van der Waals surface area contributed by atoms with E-state index in [-0.39, 0.29) is 48.2 Å². The minimum atomic E-state index is -0.846. The summed E-state index contributed by atoms with van der Waals surface area (Å²) in [5.41, 5.74) is 17.2. The Morgan fingerprint density at radius 3 is 2.07 bits per heavy atom. The molecule has 0 spiro atoms. The third-order valence-corrected chi connectivity index (χ3v) is 16.6. The number of thiazole rings is 1. The molecule has 4 heterocycles. The van der Waals surface area contributed by atoms with E-state index in [1.54, 1.807) is 23.6 Å². The number of nitrogens with one attached hydrogen (secondary N) is 3. The first kappa shape index (κ1) is 57.5. The first-order chi connectivity index (χ1) is 34.8. The summed E-state index contributed by atoms with van der Waals surface area (Å²) in [5.74, 6) is 0.145. The van der Waals surface area contributed by atoms with Gasteiger partial charge in [-0.25, -0.2) is 15.0 Å². The van der Waals surface area contributed by atoms with Gasteiger partial charge in [0.15, 0.2) is 5.82 Å². The zero-order valence-electron chi connectivity index (χ0n) is 43.8. The third-order valence-electron chi connectivity index (χ3n) is 14.0. The fourth-order valence-electron chi connectivity index (χ4n) is 9.45. The van der Waals surface area contributed by atoms with Crippen LogP contribution in [0.5, 0.6) is 0 Å². The molecule has 6 rings (SSSR count). The topological polar surface area (TPSA) is 222 Å². The number of rotatable bonds is 25. The number of nitrogens with two attached hydrogens (primary N) is 2. The number of likely N-dealkylation sites (tertiary alicyclic amines) is 1. The van der Waals surface area contributed by atoms with Gasteiger partial charge in [-0.05, 0) is 75.1 Å². The summed E-state index contributed by atoms with van der Waals surface area (Å²) >= 11 is 9.66. The number of benzene rings is 2. The van der Waals surface area contributed by atoms with Crippen molar-refractivity contribution >= 4 is 75.7 Å². The lowest BCUT2D eigenvalue weighted by Crippen LogP contribution is -2.57. The first-order valence-electron chi connectivity index (χ1n) is 26.3. The van der Waals surface area contributed by atoms with Gasteiger partial charge in [-0.2, -0.15) is 0 Å². The molecule has 73 heavy (non-hydrogen) atoms. The van der Waals surface area contributed by atoms with Gasteiger partial charge in [0.1, 0.15) is 22.9 Å². The van der Waals surface area contributed by atoms with Crippen LogP contribution in [0.2, 0.25) is 5.02 Å². The summed E-state index contributed by atoms with van der Waals surface area (Å²) in [6, 6.07) is 11.5. The van der Waals surface area contributed by atoms with Gasteiger partial charge in [0.2, 0.25) is 23.6 Å². The summed E-state index contributed by atoms with van der Waals surface area (Å²) in [5, 5.41) is 20.7. The monoisotopic (exact) mass is 1060 g/mol. The van der Waals surface area contributed by atoms with E-state index >= 15 is 0 Å². The Hall–Kier alpha value is -4.81. The third kappa shape index (κ3) is 17.1. The number of carbonyl (C=O) groups is 4. The van der Waals surface area contributed by atoms with Gasteiger partial charge in [-0.3, -0.25) is 19.2 Å². The highest BCUT2D eigenvalue weighted by molar-refractivity contribution is 7.99. The predicted octanol–water partition coefficient (Wildman–Crippen LogP) is 10.4. The van der Waals surface area contributed by atoms with Crippen LogP contribution in [0.4, 0.5) is 17.3 Å². The molecular formula is C55H79ClN10O5S2. The molecule has 398 valence electrons. The first-order valence-corrected chi connectivity index (χ1v) is 28.4. The number of piperidine rings is 1. The molecule has 0 bridgehead atoms. The minimum Gasteiger partial charge on any atom is -0.391 e. The molecule has 0 radical (unpaired) electrons. The number of aliphatic hydroxyl groups excluding tert-OH is 1. The van der Waals surface area contributed by atoms with E-state index < -0.39 is 23.6 Å². The lowest BCUT2D eigenvalue weighted by Gasteiger charge is -2.37. The normalized spacial score (nSPS) is 17.5. The Balaban J connectivity index is 0.801. The molecule has 8 N–H and O–H groups in total. The number of aliphatic hydroxyl groups is 1. The molecule has 4 unspecified atom stereocenters. The van der Waals surface area contributed by atoms with Gasteiger partial charge in [-0.15, -0.1) is 11.3 Å². The number of carbonyl (C=O) groups excluding carboxylic acids is 4. The van der Waals surface area contributed by atoms with Crippen LogP contribution in [0, 0.1) is 12.3 Å². The van der Waals surface area contributed by atoms with Crippen molar-refractivity contribution in [3.63, 3.8) is 0 Å². The Morgan fingerprint density at radius 1 is 0.890 bits per heavy atom. The zero-order valence-corrected chi connectivity index (χ0v) is 46.2. The average Bonchev–Trinajstić information content (AvgIpc) is 3.97. The van der Waals surface area contributed by atoms with Crippen molar-refractivity contribution in [3.05, 3.63) is 70.5 Å². The van der Waals surface area contributed by atoms with Crippen LogP contribution in [0.1, 0.15) is 161 Å². The number of aryl methyl sites for hydroxylation is 1. The van der Waals surface area contributed by atoms with Crippen molar-refractivity contribution in [2.24, 2.45) is 11.1 Å². The maximum atomic E-state index is 14.1. The van der Waals surface area contributed by atoms with Crippen molar-refractivity contribution in [1.82, 2.24) is 30.5 Å². The fourth-order valence-corrected chi connectivity index (χ4v) is 11.4. The van der Waals surface area contributed by atoms with E-state index in [1.165, 1.54) is 35.9 Å². The highest BCUT2D eigenvalue weighted by Crippen LogP contribution is 2.39. The van der Waals surface area contributed by atoms with E-state index in [1.807, 2.05) is 76.5 Å². The van der Waals surface area contributed by atoms with Gasteiger partial charge < -0.3 is 42.3 Å². The minimum absolute atomic E-state index is 0.0337. The standard InChI is InChI=1S/C55H79ClN10O5S2/c1-36(38-24-26-39(27-25-38)48-37(2)60-35-72-48)61-51(70)42-32-40(67)34-66(42)53(71)49(54(3,4)5)64-46(69)23-18-16-14-12-10-8-7-9-11-13-15-17-22-45(68)62-41-20-19-21-43(47(41)56)73-52-50(57)63-44(33-59-52)65-30-28-55(6,58)29-31-65/h19-21,24-27,33,35-36,40,42,49,67H,7-18,22-23,28-32,34,58H2,1-6H3,(H2,57,63)(H,61,70)(H,62,68)(H,64,69). The molecule has 2 aromatic heterocycles. The van der Waals surface area contributed by atoms with Gasteiger partial charge in [-0.1, -0.05) is 139 Å². The summed E-state index contributed by atoms with van der Waals surface area (Å²) in [6.07, 6.45) is 16.1. The maximum Gasteiger partial charge on any atom is 0.246 e. The van der Waals surface area contributed by atoms with Crippen molar-refractivity contribution in [1.29, 1.82) is 0 Å². The Kier molecular flexibility index (Phi) is 21.3. The van der Waals surface area contributed by atoms with Crippen LogP contribution < -0.4 is 32.3 Å². The van der Waals surface area contributed by atoms with E-state index in [0.717, 1.165) is 116 Å². The Morgan fingerprint density at radius 2 is 1.49 bits per heavy atom. The largest absolute Gasteiger partial charge is 0.391 e. The molecule has 4 atom stereocenters. The second-order valence-electron chi connectivity index (χ2n) is 21.5. The van der Waals surface area contributed by atoms with Crippen LogP contribution in [0.3, 0.4) is 0 Å². The SMILES string of the molecule is Cc1ncsc1-c1ccc(C(C)NC(=O)C2CC(O)CN2C(=O)C(NC(=O)CCCCCCCCCCCCCCC(=O)Nc2cccc(Sc3ncc(N4CCC(C)(N)CC4)nc3N)c2Cl)C(C)(C)C)cc1. The van der Waals surface area contributed by atoms with Crippen LogP contribution >= 0.6 is 34.7 Å². The quantitative estimate of drug-likeness (QED) is 0.0341. The van der Waals surface area contributed by atoms with Crippen molar-refractivity contribution in [2.75, 3.05) is 35.6 Å². The summed E-state index contributed by atoms with van der Waals surface area (Å²) in [6.45, 7) is 13.3. The molecule has 2 aliphatic heterocycles. The number of nitrogen functional groups attached to an aromatic ring is 1. The van der Waals surface area contributed by atoms with Gasteiger partial charge >= 0.3 is 0 Å². The second kappa shape index (κ2) is 27.1. The average molecular weight is 1060 g/mol. The van der Waals surface area contributed by atoms with Crippen molar-refractivity contribution < 1.29 is 24.3 Å². The van der Waals surface area contributed by atoms with Crippen molar-refractivity contribution in [2.45, 2.75) is 190 Å². The summed E-state index contributed by atoms with van der Waals surface area (Å²) < 4.78 is 0. The molecule has 2 aliphatic rings. The summed E-state index contributed by atoms with van der Waals surface area (Å²) in [4.78, 5) is 72.8. The highest BCUT2D eigenvalue weighted by Gasteiger charge is 2.44.